The van der Waals surface area contributed by atoms with E-state index in [2.05, 4.69) is 20.9 Å². The van der Waals surface area contributed by atoms with E-state index >= 15 is 0 Å². The second-order valence-corrected chi connectivity index (χ2v) is 3.85. The fourth-order valence-corrected chi connectivity index (χ4v) is 1.50. The van der Waals surface area contributed by atoms with Gasteiger partial charge < -0.3 is 14.5 Å². The standard InChI is InChI=1S/C9H7BBrNO3/c11-6-3-4-12-7(5-6)8-1-2-9(15-8)10(13)14/h1-5,13-14H. The zero-order valence-electron chi connectivity index (χ0n) is 7.59. The van der Waals surface area contributed by atoms with E-state index in [4.69, 9.17) is 14.5 Å². The lowest BCUT2D eigenvalue weighted by atomic mass is 9.88. The van der Waals surface area contributed by atoms with Crippen LogP contribution in [0.5, 0.6) is 0 Å². The van der Waals surface area contributed by atoms with E-state index in [0.717, 1.165) is 4.47 Å². The molecule has 76 valence electrons. The lowest BCUT2D eigenvalue weighted by molar-refractivity contribution is 0.410. The molecule has 6 heteroatoms. The van der Waals surface area contributed by atoms with E-state index < -0.39 is 7.12 Å². The van der Waals surface area contributed by atoms with Crippen LogP contribution in [-0.4, -0.2) is 22.2 Å². The van der Waals surface area contributed by atoms with Crippen LogP contribution < -0.4 is 5.66 Å². The first-order valence-electron chi connectivity index (χ1n) is 4.24. The summed E-state index contributed by atoms with van der Waals surface area (Å²) >= 11 is 3.31. The highest BCUT2D eigenvalue weighted by molar-refractivity contribution is 9.10. The molecule has 2 aromatic rings. The third-order valence-corrected chi connectivity index (χ3v) is 2.35. The van der Waals surface area contributed by atoms with Gasteiger partial charge in [0.1, 0.15) is 11.4 Å². The van der Waals surface area contributed by atoms with Crippen molar-refractivity contribution in [1.29, 1.82) is 0 Å². The third-order valence-electron chi connectivity index (χ3n) is 1.86. The molecule has 0 aliphatic carbocycles. The molecular weight excluding hydrogens is 261 g/mol. The molecule has 2 heterocycles. The first-order valence-corrected chi connectivity index (χ1v) is 5.04. The van der Waals surface area contributed by atoms with Crippen molar-refractivity contribution >= 4 is 28.7 Å². The maximum Gasteiger partial charge on any atom is 0.526 e. The van der Waals surface area contributed by atoms with Gasteiger partial charge in [-0.15, -0.1) is 0 Å². The molecule has 0 radical (unpaired) electrons. The van der Waals surface area contributed by atoms with Crippen LogP contribution in [0.2, 0.25) is 0 Å². The third kappa shape index (κ3) is 2.28. The summed E-state index contributed by atoms with van der Waals surface area (Å²) in [5, 5.41) is 17.7. The van der Waals surface area contributed by atoms with Gasteiger partial charge in [-0.1, -0.05) is 15.9 Å². The van der Waals surface area contributed by atoms with Crippen LogP contribution in [-0.2, 0) is 0 Å². The molecule has 0 aliphatic heterocycles. The summed E-state index contributed by atoms with van der Waals surface area (Å²) in [7, 11) is -1.59. The van der Waals surface area contributed by atoms with Gasteiger partial charge in [0.15, 0.2) is 5.76 Å². The van der Waals surface area contributed by atoms with Gasteiger partial charge in [0, 0.05) is 10.7 Å². The summed E-state index contributed by atoms with van der Waals surface area (Å²) < 4.78 is 6.09. The number of hydrogen-bond acceptors (Lipinski definition) is 4. The maximum absolute atomic E-state index is 8.87. The van der Waals surface area contributed by atoms with Crippen LogP contribution in [0.1, 0.15) is 0 Å². The summed E-state index contributed by atoms with van der Waals surface area (Å²) in [6, 6.07) is 6.73. The van der Waals surface area contributed by atoms with Gasteiger partial charge >= 0.3 is 7.12 Å². The zero-order chi connectivity index (χ0) is 10.8. The van der Waals surface area contributed by atoms with Crippen molar-refractivity contribution in [2.75, 3.05) is 0 Å². The van der Waals surface area contributed by atoms with Crippen LogP contribution in [0.15, 0.2) is 39.4 Å². The zero-order valence-corrected chi connectivity index (χ0v) is 9.18. The smallest absolute Gasteiger partial charge is 0.463 e. The summed E-state index contributed by atoms with van der Waals surface area (Å²) in [6.45, 7) is 0. The minimum Gasteiger partial charge on any atom is -0.463 e. The molecule has 4 nitrogen and oxygen atoms in total. The molecule has 0 atom stereocenters. The number of rotatable bonds is 2. The lowest BCUT2D eigenvalue weighted by Crippen LogP contribution is -2.27. The Balaban J connectivity index is 2.37. The van der Waals surface area contributed by atoms with Gasteiger partial charge in [-0.2, -0.15) is 0 Å². The first-order chi connectivity index (χ1) is 7.16. The fourth-order valence-electron chi connectivity index (χ4n) is 1.17. The highest BCUT2D eigenvalue weighted by Gasteiger charge is 2.16. The normalized spacial score (nSPS) is 10.3. The highest BCUT2D eigenvalue weighted by Crippen LogP contribution is 2.19. The van der Waals surface area contributed by atoms with Crippen molar-refractivity contribution in [3.8, 4) is 11.5 Å². The van der Waals surface area contributed by atoms with Crippen LogP contribution in [0, 0.1) is 0 Å². The monoisotopic (exact) mass is 267 g/mol. The molecular formula is C9H7BBrNO3. The minimum absolute atomic E-state index is 0.103. The van der Waals surface area contributed by atoms with Crippen molar-refractivity contribution < 1.29 is 14.5 Å². The molecule has 0 bridgehead atoms. The van der Waals surface area contributed by atoms with Crippen molar-refractivity contribution in [1.82, 2.24) is 4.98 Å². The molecule has 0 aliphatic rings. The summed E-state index contributed by atoms with van der Waals surface area (Å²) in [6.07, 6.45) is 1.64. The van der Waals surface area contributed by atoms with Gasteiger partial charge in [-0.25, -0.2) is 0 Å². The SMILES string of the molecule is OB(O)c1ccc(-c2cc(Br)ccn2)o1. The first kappa shape index (κ1) is 10.4. The summed E-state index contributed by atoms with van der Waals surface area (Å²) in [5.74, 6) is 0.499. The van der Waals surface area contributed by atoms with Crippen molar-refractivity contribution in [3.63, 3.8) is 0 Å². The second-order valence-electron chi connectivity index (χ2n) is 2.93. The van der Waals surface area contributed by atoms with Gasteiger partial charge in [-0.05, 0) is 24.3 Å². The van der Waals surface area contributed by atoms with E-state index in [9.17, 15) is 0 Å². The molecule has 2 N–H and O–H groups in total. The Morgan fingerprint density at radius 2 is 2.07 bits per heavy atom. The molecule has 15 heavy (non-hydrogen) atoms. The average molecular weight is 268 g/mol. The Kier molecular flexibility index (Phi) is 2.90. The predicted molar refractivity (Wildman–Crippen MR) is 59.5 cm³/mol. The Hall–Kier alpha value is -1.11. The molecule has 0 aromatic carbocycles. The van der Waals surface area contributed by atoms with Gasteiger partial charge in [0.2, 0.25) is 0 Å². The molecule has 0 spiro atoms. The van der Waals surface area contributed by atoms with Gasteiger partial charge in [-0.3, -0.25) is 4.98 Å². The fraction of sp³-hybridized carbons (Fsp3) is 0. The maximum atomic E-state index is 8.87. The van der Waals surface area contributed by atoms with Crippen molar-refractivity contribution in [2.24, 2.45) is 0 Å². The van der Waals surface area contributed by atoms with E-state index in [1.807, 2.05) is 0 Å². The predicted octanol–water partition coefficient (Wildman–Crippen LogP) is 0.784. The van der Waals surface area contributed by atoms with Crippen LogP contribution in [0.25, 0.3) is 11.5 Å². The quantitative estimate of drug-likeness (QED) is 0.790. The molecule has 2 rings (SSSR count). The Bertz CT molecular complexity index is 472. The average Bonchev–Trinajstić information content (AvgIpc) is 2.66. The molecule has 0 amide bonds. The second kappa shape index (κ2) is 4.18. The Labute approximate surface area is 94.9 Å². The molecule has 0 saturated carbocycles. The topological polar surface area (TPSA) is 66.5 Å². The number of hydrogen-bond donors (Lipinski definition) is 2. The molecule has 0 fully saturated rings. The van der Waals surface area contributed by atoms with Crippen LogP contribution in [0.3, 0.4) is 0 Å². The van der Waals surface area contributed by atoms with Gasteiger partial charge in [0.25, 0.3) is 0 Å². The summed E-state index contributed by atoms with van der Waals surface area (Å²) in [5.41, 5.74) is 0.739. The number of aromatic nitrogens is 1. The van der Waals surface area contributed by atoms with Crippen molar-refractivity contribution in [3.05, 3.63) is 34.9 Å². The van der Waals surface area contributed by atoms with E-state index in [1.54, 1.807) is 24.4 Å². The van der Waals surface area contributed by atoms with Gasteiger partial charge in [0.05, 0.1) is 0 Å². The lowest BCUT2D eigenvalue weighted by Gasteiger charge is -1.96. The van der Waals surface area contributed by atoms with Crippen LogP contribution >= 0.6 is 15.9 Å². The van der Waals surface area contributed by atoms with E-state index in [0.29, 0.717) is 11.5 Å². The van der Waals surface area contributed by atoms with Crippen LogP contribution in [0.4, 0.5) is 0 Å². The largest absolute Gasteiger partial charge is 0.526 e. The molecule has 0 saturated heterocycles. The van der Waals surface area contributed by atoms with Crippen molar-refractivity contribution in [2.45, 2.75) is 0 Å². The molecule has 2 aromatic heterocycles. The number of nitrogens with zero attached hydrogens (tertiary/aromatic N) is 1. The highest BCUT2D eigenvalue weighted by atomic mass is 79.9. The summed E-state index contributed by atoms with van der Waals surface area (Å²) in [4.78, 5) is 4.10. The number of pyridine rings is 1. The Morgan fingerprint density at radius 1 is 1.27 bits per heavy atom. The minimum atomic E-state index is -1.59. The number of halogens is 1. The van der Waals surface area contributed by atoms with E-state index in [1.165, 1.54) is 6.07 Å². The molecule has 0 unspecified atom stereocenters. The Morgan fingerprint density at radius 3 is 2.67 bits per heavy atom. The van der Waals surface area contributed by atoms with E-state index in [-0.39, 0.29) is 5.66 Å². The number of furan rings is 1.